The van der Waals surface area contributed by atoms with Crippen LogP contribution in [-0.2, 0) is 16.1 Å². The highest BCUT2D eigenvalue weighted by Gasteiger charge is 2.22. The molecule has 2 aromatic heterocycles. The zero-order chi connectivity index (χ0) is 20.9. The van der Waals surface area contributed by atoms with E-state index >= 15 is 0 Å². The lowest BCUT2D eigenvalue weighted by Crippen LogP contribution is -2.32. The van der Waals surface area contributed by atoms with Crippen LogP contribution in [0.5, 0.6) is 0 Å². The zero-order valence-electron chi connectivity index (χ0n) is 17.0. The first-order valence-corrected chi connectivity index (χ1v) is 10.8. The number of nitrogens with one attached hydrogen (secondary N) is 1. The van der Waals surface area contributed by atoms with Gasteiger partial charge in [-0.3, -0.25) is 15.0 Å². The lowest BCUT2D eigenvalue weighted by atomic mass is 10.1. The van der Waals surface area contributed by atoms with Gasteiger partial charge >= 0.3 is 0 Å². The van der Waals surface area contributed by atoms with E-state index in [2.05, 4.69) is 25.7 Å². The third kappa shape index (κ3) is 5.07. The van der Waals surface area contributed by atoms with E-state index in [9.17, 15) is 4.79 Å². The molecule has 0 spiro atoms. The molecule has 3 heterocycles. The number of ether oxygens (including phenoxy) is 1. The summed E-state index contributed by atoms with van der Waals surface area (Å²) in [6, 6.07) is 7.93. The number of likely N-dealkylation sites (N-methyl/N-ethyl adjacent to an activating group) is 1. The second-order valence-corrected chi connectivity index (χ2v) is 8.19. The highest BCUT2D eigenvalue weighted by Crippen LogP contribution is 2.31. The molecule has 1 aromatic carbocycles. The average molecular weight is 429 g/mol. The minimum absolute atomic E-state index is 0.000504. The maximum atomic E-state index is 12.4. The Balaban J connectivity index is 1.32. The van der Waals surface area contributed by atoms with Gasteiger partial charge in [-0.05, 0) is 26.3 Å². The molecule has 0 bridgehead atoms. The lowest BCUT2D eigenvalue weighted by Gasteiger charge is -2.16. The third-order valence-corrected chi connectivity index (χ3v) is 5.77. The molecule has 1 aliphatic rings. The van der Waals surface area contributed by atoms with Gasteiger partial charge in [0.2, 0.25) is 22.8 Å². The summed E-state index contributed by atoms with van der Waals surface area (Å²) in [5.74, 6) is 0.850. The fraction of sp³-hybridized carbons (Fsp3) is 0.450. The van der Waals surface area contributed by atoms with Crippen LogP contribution in [0, 0.1) is 6.92 Å². The Kier molecular flexibility index (Phi) is 6.46. The maximum absolute atomic E-state index is 12.4. The Hall–Kier alpha value is -2.69. The van der Waals surface area contributed by atoms with E-state index in [0.29, 0.717) is 29.9 Å². The van der Waals surface area contributed by atoms with Gasteiger partial charge < -0.3 is 9.26 Å². The minimum atomic E-state index is -0.162. The molecule has 0 saturated carbocycles. The van der Waals surface area contributed by atoms with E-state index in [4.69, 9.17) is 9.26 Å². The Labute approximate surface area is 178 Å². The van der Waals surface area contributed by atoms with Crippen molar-refractivity contribution in [2.75, 3.05) is 25.0 Å². The van der Waals surface area contributed by atoms with Crippen molar-refractivity contribution in [3.63, 3.8) is 0 Å². The van der Waals surface area contributed by atoms with Crippen LogP contribution in [0.15, 0.2) is 28.8 Å². The predicted octanol–water partition coefficient (Wildman–Crippen LogP) is 3.21. The summed E-state index contributed by atoms with van der Waals surface area (Å²) in [6.45, 7) is 5.99. The summed E-state index contributed by atoms with van der Waals surface area (Å²) in [5.41, 5.74) is 2.07. The number of hydrogen-bond acceptors (Lipinski definition) is 9. The molecule has 1 atom stereocenters. The van der Waals surface area contributed by atoms with Crippen molar-refractivity contribution in [1.82, 2.24) is 25.2 Å². The smallest absolute Gasteiger partial charge is 0.241 e. The highest BCUT2D eigenvalue weighted by molar-refractivity contribution is 7.15. The van der Waals surface area contributed by atoms with E-state index in [1.165, 1.54) is 16.9 Å². The largest absolute Gasteiger partial charge is 0.371 e. The first-order valence-electron chi connectivity index (χ1n) is 9.97. The van der Waals surface area contributed by atoms with Crippen molar-refractivity contribution in [2.45, 2.75) is 39.3 Å². The number of amides is 1. The van der Waals surface area contributed by atoms with Crippen molar-refractivity contribution in [3.05, 3.63) is 40.7 Å². The van der Waals surface area contributed by atoms with Crippen molar-refractivity contribution < 1.29 is 14.1 Å². The van der Waals surface area contributed by atoms with Gasteiger partial charge in [-0.25, -0.2) is 0 Å². The molecule has 1 unspecified atom stereocenters. The van der Waals surface area contributed by atoms with E-state index in [1.807, 2.05) is 43.0 Å². The molecule has 9 nitrogen and oxygen atoms in total. The number of aromatic nitrogens is 4. The van der Waals surface area contributed by atoms with Gasteiger partial charge in [0.05, 0.1) is 13.1 Å². The monoisotopic (exact) mass is 428 g/mol. The molecule has 30 heavy (non-hydrogen) atoms. The number of carbonyl (C=O) groups is 1. The van der Waals surface area contributed by atoms with E-state index in [-0.39, 0.29) is 18.6 Å². The summed E-state index contributed by atoms with van der Waals surface area (Å²) >= 11 is 1.36. The number of aryl methyl sites for hydroxylation is 1. The zero-order valence-corrected chi connectivity index (χ0v) is 17.8. The van der Waals surface area contributed by atoms with Crippen LogP contribution in [0.1, 0.15) is 42.3 Å². The van der Waals surface area contributed by atoms with Crippen LogP contribution in [0.4, 0.5) is 5.13 Å². The van der Waals surface area contributed by atoms with Gasteiger partial charge in [0.15, 0.2) is 0 Å². The van der Waals surface area contributed by atoms with Crippen molar-refractivity contribution in [3.8, 4) is 11.4 Å². The number of hydrogen-bond donors (Lipinski definition) is 1. The first-order chi connectivity index (χ1) is 14.6. The lowest BCUT2D eigenvalue weighted by molar-refractivity contribution is -0.117. The Morgan fingerprint density at radius 3 is 2.87 bits per heavy atom. The van der Waals surface area contributed by atoms with Crippen LogP contribution in [-0.4, -0.2) is 50.8 Å². The molecule has 4 rings (SSSR count). The van der Waals surface area contributed by atoms with Crippen molar-refractivity contribution in [2.24, 2.45) is 0 Å². The number of benzene rings is 1. The highest BCUT2D eigenvalue weighted by atomic mass is 32.1. The molecule has 0 radical (unpaired) electrons. The van der Waals surface area contributed by atoms with Crippen LogP contribution < -0.4 is 5.32 Å². The van der Waals surface area contributed by atoms with Gasteiger partial charge in [0.1, 0.15) is 11.1 Å². The van der Waals surface area contributed by atoms with Crippen LogP contribution in [0.25, 0.3) is 11.4 Å². The van der Waals surface area contributed by atoms with Gasteiger partial charge in [-0.15, -0.1) is 10.2 Å². The average Bonchev–Trinajstić information content (AvgIpc) is 3.50. The quantitative estimate of drug-likeness (QED) is 0.583. The standard InChI is InChI=1S/C20H24N6O3S/c1-3-26(12-17-22-18(25-29-17)14-8-6-13(2)7-9-14)11-16(27)21-20-24-23-19(30-20)15-5-4-10-28-15/h6-9,15H,3-5,10-12H2,1-2H3,(H,21,24,27). The molecule has 158 valence electrons. The normalized spacial score (nSPS) is 16.3. The topological polar surface area (TPSA) is 106 Å². The minimum Gasteiger partial charge on any atom is -0.371 e. The molecule has 1 amide bonds. The third-order valence-electron chi connectivity index (χ3n) is 4.84. The summed E-state index contributed by atoms with van der Waals surface area (Å²) in [7, 11) is 0. The summed E-state index contributed by atoms with van der Waals surface area (Å²) in [4.78, 5) is 18.8. The Bertz CT molecular complexity index is 981. The Morgan fingerprint density at radius 1 is 1.30 bits per heavy atom. The SMILES string of the molecule is CCN(CC(=O)Nc1nnc(C2CCCO2)s1)Cc1nc(-c2ccc(C)cc2)no1. The molecule has 0 aliphatic carbocycles. The van der Waals surface area contributed by atoms with E-state index in [0.717, 1.165) is 30.0 Å². The molecule has 1 saturated heterocycles. The predicted molar refractivity (Wildman–Crippen MR) is 112 cm³/mol. The van der Waals surface area contributed by atoms with Crippen LogP contribution in [0.2, 0.25) is 0 Å². The number of rotatable bonds is 8. The molecule has 1 fully saturated rings. The second-order valence-electron chi connectivity index (χ2n) is 7.18. The van der Waals surface area contributed by atoms with Gasteiger partial charge in [0.25, 0.3) is 0 Å². The molecule has 1 aliphatic heterocycles. The van der Waals surface area contributed by atoms with E-state index in [1.54, 1.807) is 0 Å². The molecule has 10 heteroatoms. The van der Waals surface area contributed by atoms with Gasteiger partial charge in [0, 0.05) is 12.2 Å². The summed E-state index contributed by atoms with van der Waals surface area (Å²) in [5, 5.41) is 16.4. The van der Waals surface area contributed by atoms with Gasteiger partial charge in [-0.1, -0.05) is 53.2 Å². The molecular formula is C20H24N6O3S. The molecular weight excluding hydrogens is 404 g/mol. The number of nitrogens with zero attached hydrogens (tertiary/aromatic N) is 5. The summed E-state index contributed by atoms with van der Waals surface area (Å²) in [6.07, 6.45) is 1.97. The molecule has 3 aromatic rings. The number of anilines is 1. The summed E-state index contributed by atoms with van der Waals surface area (Å²) < 4.78 is 11.0. The van der Waals surface area contributed by atoms with Crippen molar-refractivity contribution >= 4 is 22.4 Å². The van der Waals surface area contributed by atoms with Crippen LogP contribution in [0.3, 0.4) is 0 Å². The molecule has 1 N–H and O–H groups in total. The first kappa shape index (κ1) is 20.6. The fourth-order valence-electron chi connectivity index (χ4n) is 3.16. The van der Waals surface area contributed by atoms with Gasteiger partial charge in [-0.2, -0.15) is 4.98 Å². The van der Waals surface area contributed by atoms with Crippen LogP contribution >= 0.6 is 11.3 Å². The fourth-order valence-corrected chi connectivity index (χ4v) is 4.00. The second kappa shape index (κ2) is 9.41. The van der Waals surface area contributed by atoms with E-state index < -0.39 is 0 Å². The number of carbonyl (C=O) groups excluding carboxylic acids is 1. The maximum Gasteiger partial charge on any atom is 0.241 e. The Morgan fingerprint density at radius 2 is 2.13 bits per heavy atom. The van der Waals surface area contributed by atoms with Crippen molar-refractivity contribution in [1.29, 1.82) is 0 Å².